The molecule has 0 amide bonds. The molecule has 5 heterocycles. The van der Waals surface area contributed by atoms with Crippen LogP contribution in [-0.2, 0) is 0 Å². The Balaban J connectivity index is 0.992. The molecule has 0 saturated carbocycles. The number of nitrogens with zero attached hydrogens (tertiary/aromatic N) is 4. The SMILES string of the molecule is c1ccc(-n2c3ccccc3c3c2ccc2c4cc([Si]5(c6ccc7c(c6)c6ccc8c(c9ccccc9n8-c8ccccc8)c6n7-c6ccccc6)c6ccccc6-c6ccccc65)ccc4n(-c4ccccc4)c23)cc1. The van der Waals surface area contributed by atoms with Crippen molar-refractivity contribution in [2.75, 3.05) is 0 Å². The van der Waals surface area contributed by atoms with Gasteiger partial charge in [0, 0.05) is 65.8 Å². The first-order chi connectivity index (χ1) is 38.3. The number of rotatable bonds is 6. The fourth-order valence-corrected chi connectivity index (χ4v) is 19.2. The fourth-order valence-electron chi connectivity index (χ4n) is 14.0. The molecule has 0 aliphatic carbocycles. The zero-order valence-electron chi connectivity index (χ0n) is 41.8. The zero-order chi connectivity index (χ0) is 50.3. The first kappa shape index (κ1) is 42.4. The van der Waals surface area contributed by atoms with E-state index in [2.05, 4.69) is 297 Å². The highest BCUT2D eigenvalue weighted by atomic mass is 28.3. The smallest absolute Gasteiger partial charge is 0.180 e. The number of hydrogen-bond donors (Lipinski definition) is 0. The summed E-state index contributed by atoms with van der Waals surface area (Å²) in [4.78, 5) is 0. The van der Waals surface area contributed by atoms with Gasteiger partial charge in [0.25, 0.3) is 0 Å². The molecule has 0 unspecified atom stereocenters. The van der Waals surface area contributed by atoms with Gasteiger partial charge in [0.15, 0.2) is 8.07 Å². The molecule has 0 saturated heterocycles. The quantitative estimate of drug-likeness (QED) is 0.148. The van der Waals surface area contributed by atoms with Crippen LogP contribution >= 0.6 is 0 Å². The van der Waals surface area contributed by atoms with Crippen molar-refractivity contribution in [2.24, 2.45) is 0 Å². The normalized spacial score (nSPS) is 13.0. The van der Waals surface area contributed by atoms with E-state index in [0.29, 0.717) is 0 Å². The molecule has 0 radical (unpaired) electrons. The zero-order valence-corrected chi connectivity index (χ0v) is 42.8. The summed E-state index contributed by atoms with van der Waals surface area (Å²) in [6.45, 7) is 0. The molecule has 4 nitrogen and oxygen atoms in total. The molecule has 1 aliphatic heterocycles. The van der Waals surface area contributed by atoms with Gasteiger partial charge < -0.3 is 18.3 Å². The number of aromatic nitrogens is 4. The first-order valence-electron chi connectivity index (χ1n) is 26.7. The molecule has 4 aromatic heterocycles. The number of hydrogen-bond acceptors (Lipinski definition) is 0. The Morgan fingerprint density at radius 3 is 0.961 bits per heavy atom. The van der Waals surface area contributed by atoms with Crippen LogP contribution < -0.4 is 20.7 Å². The Morgan fingerprint density at radius 1 is 0.221 bits per heavy atom. The van der Waals surface area contributed by atoms with Crippen LogP contribution in [-0.4, -0.2) is 26.3 Å². The van der Waals surface area contributed by atoms with Gasteiger partial charge in [-0.2, -0.15) is 0 Å². The van der Waals surface area contributed by atoms with Crippen molar-refractivity contribution in [3.63, 3.8) is 0 Å². The molecule has 12 aromatic carbocycles. The average molecular weight is 995 g/mol. The second-order valence-electron chi connectivity index (χ2n) is 20.7. The van der Waals surface area contributed by atoms with Gasteiger partial charge in [-0.3, -0.25) is 0 Å². The molecular formula is C72H46N4Si. The molecule has 0 spiro atoms. The van der Waals surface area contributed by atoms with Crippen molar-refractivity contribution in [3.8, 4) is 33.9 Å². The maximum Gasteiger partial charge on any atom is 0.180 e. The minimum absolute atomic E-state index is 1.15. The first-order valence-corrected chi connectivity index (χ1v) is 28.7. The monoisotopic (exact) mass is 994 g/mol. The standard InChI is InChI=1S/C72H46N4Si/c1-5-21-47(22-6-1)73-61-33-17-13-31-57(61)69-65(73)43-39-55-59-45-51(37-41-63(59)75(71(55)69)49-25-9-3-10-26-49)77(67-35-19-15-29-53(67)54-30-16-20-36-68(54)77)52-38-42-64-60(46-52)56-40-44-66-70(72(56)76(64)50-27-11-4-12-28-50)58-32-14-18-34-62(58)74(66)48-23-7-2-8-24-48/h1-46H. The third-order valence-corrected chi connectivity index (χ3v) is 21.8. The highest BCUT2D eigenvalue weighted by molar-refractivity contribution is 7.22. The van der Waals surface area contributed by atoms with E-state index in [1.54, 1.807) is 0 Å². The molecule has 0 bridgehead atoms. The van der Waals surface area contributed by atoms with Gasteiger partial charge in [-0.05, 0) is 117 Å². The van der Waals surface area contributed by atoms with E-state index >= 15 is 0 Å². The Labute approximate surface area is 444 Å². The maximum atomic E-state index is 2.60. The number of para-hydroxylation sites is 6. The van der Waals surface area contributed by atoms with Crippen LogP contribution in [0.5, 0.6) is 0 Å². The van der Waals surface area contributed by atoms with Crippen LogP contribution in [0.1, 0.15) is 0 Å². The molecule has 77 heavy (non-hydrogen) atoms. The Hall–Kier alpha value is -9.94. The molecular weight excluding hydrogens is 949 g/mol. The molecule has 0 atom stereocenters. The van der Waals surface area contributed by atoms with Crippen LogP contribution in [0.25, 0.3) is 121 Å². The third-order valence-electron chi connectivity index (χ3n) is 17.0. The van der Waals surface area contributed by atoms with Crippen molar-refractivity contribution < 1.29 is 0 Å². The lowest BCUT2D eigenvalue weighted by molar-refractivity contribution is 1.17. The molecule has 5 heteroatoms. The summed E-state index contributed by atoms with van der Waals surface area (Å²) in [5.41, 5.74) is 16.9. The van der Waals surface area contributed by atoms with E-state index in [-0.39, 0.29) is 0 Å². The summed E-state index contributed by atoms with van der Waals surface area (Å²) < 4.78 is 9.94. The molecule has 17 rings (SSSR count). The van der Waals surface area contributed by atoms with Crippen molar-refractivity contribution in [1.29, 1.82) is 0 Å². The summed E-state index contributed by atoms with van der Waals surface area (Å²) in [5.74, 6) is 0. The van der Waals surface area contributed by atoms with E-state index in [4.69, 9.17) is 0 Å². The Morgan fingerprint density at radius 2 is 0.545 bits per heavy atom. The van der Waals surface area contributed by atoms with E-state index in [9.17, 15) is 0 Å². The highest BCUT2D eigenvalue weighted by Gasteiger charge is 2.49. The van der Waals surface area contributed by atoms with Gasteiger partial charge in [-0.15, -0.1) is 0 Å². The summed E-state index contributed by atoms with van der Waals surface area (Å²) in [5, 5.41) is 15.6. The molecule has 358 valence electrons. The topological polar surface area (TPSA) is 19.7 Å². The van der Waals surface area contributed by atoms with Crippen LogP contribution in [0.3, 0.4) is 0 Å². The minimum Gasteiger partial charge on any atom is -0.309 e. The molecule has 16 aromatic rings. The second-order valence-corrected chi connectivity index (χ2v) is 24.5. The molecule has 0 fully saturated rings. The minimum atomic E-state index is -3.08. The van der Waals surface area contributed by atoms with Crippen LogP contribution in [0.4, 0.5) is 0 Å². The third kappa shape index (κ3) is 5.70. The number of benzene rings is 12. The Kier molecular flexibility index (Phi) is 8.83. The van der Waals surface area contributed by atoms with Gasteiger partial charge in [0.1, 0.15) is 0 Å². The van der Waals surface area contributed by atoms with Gasteiger partial charge in [-0.25, -0.2) is 0 Å². The van der Waals surface area contributed by atoms with E-state index in [1.807, 2.05) is 0 Å². The maximum absolute atomic E-state index is 3.08. The van der Waals surface area contributed by atoms with Gasteiger partial charge in [-0.1, -0.05) is 194 Å². The van der Waals surface area contributed by atoms with Gasteiger partial charge in [0.2, 0.25) is 0 Å². The molecule has 0 N–H and O–H groups in total. The predicted molar refractivity (Wildman–Crippen MR) is 326 cm³/mol. The van der Waals surface area contributed by atoms with Crippen molar-refractivity contribution in [2.45, 2.75) is 0 Å². The lowest BCUT2D eigenvalue weighted by Crippen LogP contribution is -2.72. The van der Waals surface area contributed by atoms with Crippen molar-refractivity contribution >= 4 is 116 Å². The van der Waals surface area contributed by atoms with Crippen LogP contribution in [0, 0.1) is 0 Å². The van der Waals surface area contributed by atoms with E-state index in [0.717, 1.165) is 22.7 Å². The van der Waals surface area contributed by atoms with E-state index in [1.165, 1.54) is 119 Å². The summed E-state index contributed by atoms with van der Waals surface area (Å²) >= 11 is 0. The lowest BCUT2D eigenvalue weighted by Gasteiger charge is -2.31. The largest absolute Gasteiger partial charge is 0.309 e. The lowest BCUT2D eigenvalue weighted by atomic mass is 10.1. The average Bonchev–Trinajstić information content (AvgIpc) is 4.37. The summed E-state index contributed by atoms with van der Waals surface area (Å²) in [6, 6.07) is 105. The Bertz CT molecular complexity index is 4760. The number of fused-ring (bicyclic) bond motifs is 17. The van der Waals surface area contributed by atoms with E-state index < -0.39 is 8.07 Å². The van der Waals surface area contributed by atoms with Crippen LogP contribution in [0.2, 0.25) is 0 Å². The fraction of sp³-hybridized carbons (Fsp3) is 0. The highest BCUT2D eigenvalue weighted by Crippen LogP contribution is 2.45. The second kappa shape index (κ2) is 16.0. The predicted octanol–water partition coefficient (Wildman–Crippen LogP) is 15.4. The summed E-state index contributed by atoms with van der Waals surface area (Å²) in [6.07, 6.45) is 0. The van der Waals surface area contributed by atoms with Crippen LogP contribution in [0.15, 0.2) is 279 Å². The summed E-state index contributed by atoms with van der Waals surface area (Å²) in [7, 11) is -3.08. The van der Waals surface area contributed by atoms with Gasteiger partial charge in [0.05, 0.1) is 44.1 Å². The molecule has 1 aliphatic rings. The van der Waals surface area contributed by atoms with Gasteiger partial charge >= 0.3 is 0 Å². The van der Waals surface area contributed by atoms with Crippen molar-refractivity contribution in [3.05, 3.63) is 279 Å². The van der Waals surface area contributed by atoms with Crippen molar-refractivity contribution in [1.82, 2.24) is 18.3 Å².